The molecule has 2 aliphatic heterocycles. The lowest BCUT2D eigenvalue weighted by molar-refractivity contribution is 0.0992. The first-order valence-electron chi connectivity index (χ1n) is 8.22. The summed E-state index contributed by atoms with van der Waals surface area (Å²) in [6.07, 6.45) is 4.01. The van der Waals surface area contributed by atoms with Gasteiger partial charge in [0, 0.05) is 6.54 Å². The third-order valence-electron chi connectivity index (χ3n) is 4.41. The Labute approximate surface area is 159 Å². The van der Waals surface area contributed by atoms with Gasteiger partial charge in [-0.2, -0.15) is 0 Å². The van der Waals surface area contributed by atoms with Gasteiger partial charge in [-0.05, 0) is 43.9 Å². The van der Waals surface area contributed by atoms with Gasteiger partial charge in [0.05, 0.1) is 31.9 Å². The molecule has 2 saturated heterocycles. The average Bonchev–Trinajstić information content (AvgIpc) is 3.16. The SMILES string of the molecule is CCNC(=NCc1ccc(OC)c(F)c1)NC1CC2CCC1O2.I. The van der Waals surface area contributed by atoms with Gasteiger partial charge in [0.25, 0.3) is 0 Å². The highest BCUT2D eigenvalue weighted by Gasteiger charge is 2.41. The molecule has 3 rings (SSSR count). The number of ether oxygens (including phenoxy) is 2. The van der Waals surface area contributed by atoms with Gasteiger partial charge in [0.2, 0.25) is 0 Å². The van der Waals surface area contributed by atoms with Gasteiger partial charge in [-0.15, -0.1) is 24.0 Å². The molecule has 2 heterocycles. The van der Waals surface area contributed by atoms with Crippen LogP contribution in [0.15, 0.2) is 23.2 Å². The van der Waals surface area contributed by atoms with Crippen molar-refractivity contribution in [3.05, 3.63) is 29.6 Å². The molecule has 2 N–H and O–H groups in total. The van der Waals surface area contributed by atoms with E-state index in [4.69, 9.17) is 9.47 Å². The van der Waals surface area contributed by atoms with E-state index in [-0.39, 0.29) is 35.5 Å². The Morgan fingerprint density at radius 3 is 2.83 bits per heavy atom. The molecule has 24 heavy (non-hydrogen) atoms. The lowest BCUT2D eigenvalue weighted by atomic mass is 9.96. The van der Waals surface area contributed by atoms with E-state index in [0.717, 1.165) is 30.9 Å². The third-order valence-corrected chi connectivity index (χ3v) is 4.41. The Balaban J connectivity index is 0.00000208. The molecule has 1 aromatic carbocycles. The predicted molar refractivity (Wildman–Crippen MR) is 103 cm³/mol. The molecule has 7 heteroatoms. The van der Waals surface area contributed by atoms with E-state index < -0.39 is 0 Å². The molecule has 3 atom stereocenters. The molecular weight excluding hydrogens is 424 g/mol. The maximum Gasteiger partial charge on any atom is 0.191 e. The fourth-order valence-corrected chi connectivity index (χ4v) is 3.26. The molecule has 134 valence electrons. The van der Waals surface area contributed by atoms with Crippen LogP contribution in [0.4, 0.5) is 4.39 Å². The topological polar surface area (TPSA) is 54.9 Å². The van der Waals surface area contributed by atoms with Crippen LogP contribution in [0.1, 0.15) is 31.7 Å². The van der Waals surface area contributed by atoms with Crippen LogP contribution in [0, 0.1) is 5.82 Å². The number of fused-ring (bicyclic) bond motifs is 2. The number of aliphatic imine (C=N–C) groups is 1. The normalized spacial score (nSPS) is 25.3. The monoisotopic (exact) mass is 449 g/mol. The van der Waals surface area contributed by atoms with E-state index in [0.29, 0.717) is 24.8 Å². The summed E-state index contributed by atoms with van der Waals surface area (Å²) in [5.74, 6) is 0.645. The Hall–Kier alpha value is -1.09. The molecule has 0 amide bonds. The van der Waals surface area contributed by atoms with Crippen molar-refractivity contribution < 1.29 is 13.9 Å². The second-order valence-electron chi connectivity index (χ2n) is 6.02. The van der Waals surface area contributed by atoms with Crippen molar-refractivity contribution in [2.75, 3.05) is 13.7 Å². The van der Waals surface area contributed by atoms with Crippen molar-refractivity contribution in [3.8, 4) is 5.75 Å². The Morgan fingerprint density at radius 2 is 2.25 bits per heavy atom. The van der Waals surface area contributed by atoms with Crippen LogP contribution < -0.4 is 15.4 Å². The highest BCUT2D eigenvalue weighted by molar-refractivity contribution is 14.0. The summed E-state index contributed by atoms with van der Waals surface area (Å²) in [6, 6.07) is 5.24. The molecule has 3 unspecified atom stereocenters. The summed E-state index contributed by atoms with van der Waals surface area (Å²) in [5, 5.41) is 6.69. The van der Waals surface area contributed by atoms with E-state index in [1.54, 1.807) is 6.07 Å². The minimum absolute atomic E-state index is 0. The molecule has 2 fully saturated rings. The molecule has 0 aromatic heterocycles. The molecule has 5 nitrogen and oxygen atoms in total. The molecule has 0 saturated carbocycles. The second kappa shape index (κ2) is 8.84. The van der Waals surface area contributed by atoms with Crippen molar-refractivity contribution in [2.24, 2.45) is 4.99 Å². The summed E-state index contributed by atoms with van der Waals surface area (Å²) < 4.78 is 24.5. The molecule has 0 spiro atoms. The van der Waals surface area contributed by atoms with Gasteiger partial charge in [-0.3, -0.25) is 0 Å². The summed E-state index contributed by atoms with van der Waals surface area (Å²) in [5.41, 5.74) is 0.810. The highest BCUT2D eigenvalue weighted by Crippen LogP contribution is 2.34. The molecule has 2 aliphatic rings. The first-order chi connectivity index (χ1) is 11.2. The van der Waals surface area contributed by atoms with Crippen LogP contribution in [0.2, 0.25) is 0 Å². The van der Waals surface area contributed by atoms with E-state index in [9.17, 15) is 4.39 Å². The van der Waals surface area contributed by atoms with E-state index in [2.05, 4.69) is 15.6 Å². The molecule has 0 aliphatic carbocycles. The number of nitrogens with zero attached hydrogens (tertiary/aromatic N) is 1. The van der Waals surface area contributed by atoms with Crippen molar-refractivity contribution >= 4 is 29.9 Å². The zero-order valence-electron chi connectivity index (χ0n) is 14.0. The quantitative estimate of drug-likeness (QED) is 0.413. The number of methoxy groups -OCH3 is 1. The van der Waals surface area contributed by atoms with Crippen LogP contribution in [0.25, 0.3) is 0 Å². The van der Waals surface area contributed by atoms with Crippen LogP contribution in [0.5, 0.6) is 5.75 Å². The fourth-order valence-electron chi connectivity index (χ4n) is 3.26. The average molecular weight is 449 g/mol. The number of nitrogens with one attached hydrogen (secondary N) is 2. The number of hydrogen-bond donors (Lipinski definition) is 2. The van der Waals surface area contributed by atoms with Gasteiger partial charge in [-0.1, -0.05) is 6.07 Å². The zero-order chi connectivity index (χ0) is 16.2. The van der Waals surface area contributed by atoms with Crippen LogP contribution in [0.3, 0.4) is 0 Å². The molecule has 0 radical (unpaired) electrons. The van der Waals surface area contributed by atoms with E-state index in [1.165, 1.54) is 19.6 Å². The van der Waals surface area contributed by atoms with E-state index in [1.807, 2.05) is 13.0 Å². The minimum Gasteiger partial charge on any atom is -0.494 e. The van der Waals surface area contributed by atoms with Crippen molar-refractivity contribution in [1.82, 2.24) is 10.6 Å². The minimum atomic E-state index is -0.361. The lowest BCUT2D eigenvalue weighted by Gasteiger charge is -2.22. The maximum absolute atomic E-state index is 13.7. The Kier molecular flexibility index (Phi) is 7.09. The first-order valence-corrected chi connectivity index (χ1v) is 8.22. The van der Waals surface area contributed by atoms with Crippen molar-refractivity contribution in [2.45, 2.75) is 51.0 Å². The number of rotatable bonds is 5. The number of hydrogen-bond acceptors (Lipinski definition) is 3. The standard InChI is InChI=1S/C17H24FN3O2.HI/c1-3-19-17(21-14-9-12-5-7-16(14)23-12)20-10-11-4-6-15(22-2)13(18)8-11;/h4,6,8,12,14,16H,3,5,7,9-10H2,1-2H3,(H2,19,20,21);1H. The fraction of sp³-hybridized carbons (Fsp3) is 0.588. The van der Waals surface area contributed by atoms with Gasteiger partial charge in [0.1, 0.15) is 0 Å². The third kappa shape index (κ3) is 4.50. The summed E-state index contributed by atoms with van der Waals surface area (Å²) in [7, 11) is 1.46. The number of halogens is 2. The summed E-state index contributed by atoms with van der Waals surface area (Å²) in [4.78, 5) is 4.56. The molecule has 2 bridgehead atoms. The first kappa shape index (κ1) is 19.2. The summed E-state index contributed by atoms with van der Waals surface area (Å²) in [6.45, 7) is 3.23. The van der Waals surface area contributed by atoms with Gasteiger partial charge >= 0.3 is 0 Å². The molecule has 1 aromatic rings. The summed E-state index contributed by atoms with van der Waals surface area (Å²) >= 11 is 0. The van der Waals surface area contributed by atoms with Gasteiger partial charge < -0.3 is 20.1 Å². The van der Waals surface area contributed by atoms with Crippen molar-refractivity contribution in [1.29, 1.82) is 0 Å². The number of benzene rings is 1. The maximum atomic E-state index is 13.7. The van der Waals surface area contributed by atoms with Crippen LogP contribution in [-0.4, -0.2) is 37.9 Å². The largest absolute Gasteiger partial charge is 0.494 e. The van der Waals surface area contributed by atoms with Crippen molar-refractivity contribution in [3.63, 3.8) is 0 Å². The Bertz CT molecular complexity index is 585. The molecular formula is C17H25FIN3O2. The van der Waals surface area contributed by atoms with Crippen LogP contribution >= 0.6 is 24.0 Å². The van der Waals surface area contributed by atoms with Crippen LogP contribution in [-0.2, 0) is 11.3 Å². The smallest absolute Gasteiger partial charge is 0.191 e. The predicted octanol–water partition coefficient (Wildman–Crippen LogP) is 2.83. The second-order valence-corrected chi connectivity index (χ2v) is 6.02. The highest BCUT2D eigenvalue weighted by atomic mass is 127. The number of guanidine groups is 1. The lowest BCUT2D eigenvalue weighted by Crippen LogP contribution is -2.47. The van der Waals surface area contributed by atoms with Gasteiger partial charge in [-0.25, -0.2) is 9.38 Å². The van der Waals surface area contributed by atoms with Gasteiger partial charge in [0.15, 0.2) is 17.5 Å². The van der Waals surface area contributed by atoms with E-state index >= 15 is 0 Å². The Morgan fingerprint density at radius 1 is 1.42 bits per heavy atom. The zero-order valence-corrected chi connectivity index (χ0v) is 16.4.